The lowest BCUT2D eigenvalue weighted by Crippen LogP contribution is -2.54. The van der Waals surface area contributed by atoms with E-state index < -0.39 is 11.6 Å². The fourth-order valence-corrected chi connectivity index (χ4v) is 3.10. The van der Waals surface area contributed by atoms with Crippen molar-refractivity contribution in [3.8, 4) is 5.75 Å². The summed E-state index contributed by atoms with van der Waals surface area (Å²) in [6.45, 7) is 3.10. The summed E-state index contributed by atoms with van der Waals surface area (Å²) < 4.78 is 7.47. The van der Waals surface area contributed by atoms with Gasteiger partial charge in [0.15, 0.2) is 0 Å². The van der Waals surface area contributed by atoms with Crippen LogP contribution in [0.3, 0.4) is 0 Å². The molecule has 0 radical (unpaired) electrons. The largest absolute Gasteiger partial charge is 0.478 e. The number of ether oxygens (including phenoxy) is 1. The van der Waals surface area contributed by atoms with E-state index in [1.54, 1.807) is 22.0 Å². The smallest absolute Gasteiger partial charge is 0.348 e. The number of piperidine rings is 1. The van der Waals surface area contributed by atoms with Gasteiger partial charge in [0.2, 0.25) is 11.5 Å². The van der Waals surface area contributed by atoms with Crippen molar-refractivity contribution in [3.63, 3.8) is 0 Å². The number of carboxylic acid groups (broad SMARTS) is 1. The SMILES string of the molecule is Cc1cccc(OC2(C(=O)O)CCN(C(=O)CCn3cncn3)CC2)c1. The van der Waals surface area contributed by atoms with Gasteiger partial charge in [0.25, 0.3) is 0 Å². The number of likely N-dealkylation sites (tertiary alicyclic amines) is 1. The molecule has 8 nitrogen and oxygen atoms in total. The molecule has 1 fully saturated rings. The fourth-order valence-electron chi connectivity index (χ4n) is 3.10. The Balaban J connectivity index is 1.60. The molecular weight excluding hydrogens is 336 g/mol. The Kier molecular flexibility index (Phi) is 5.20. The van der Waals surface area contributed by atoms with Gasteiger partial charge in [-0.3, -0.25) is 9.48 Å². The predicted octanol–water partition coefficient (Wildman–Crippen LogP) is 1.50. The van der Waals surface area contributed by atoms with Crippen molar-refractivity contribution in [3.05, 3.63) is 42.5 Å². The quantitative estimate of drug-likeness (QED) is 0.840. The second kappa shape index (κ2) is 7.55. The van der Waals surface area contributed by atoms with Crippen molar-refractivity contribution in [1.29, 1.82) is 0 Å². The number of aliphatic carboxylic acids is 1. The minimum Gasteiger partial charge on any atom is -0.478 e. The number of nitrogens with zero attached hydrogens (tertiary/aromatic N) is 4. The molecule has 0 atom stereocenters. The normalized spacial score (nSPS) is 16.3. The molecule has 0 saturated carbocycles. The third-order valence-corrected chi connectivity index (χ3v) is 4.64. The summed E-state index contributed by atoms with van der Waals surface area (Å²) in [6.07, 6.45) is 3.81. The maximum absolute atomic E-state index is 12.4. The molecule has 1 saturated heterocycles. The molecule has 1 N–H and O–H groups in total. The molecule has 1 aromatic heterocycles. The van der Waals surface area contributed by atoms with Gasteiger partial charge in [0.1, 0.15) is 18.4 Å². The van der Waals surface area contributed by atoms with Crippen LogP contribution in [0.25, 0.3) is 0 Å². The number of aromatic nitrogens is 3. The van der Waals surface area contributed by atoms with Gasteiger partial charge in [0, 0.05) is 32.4 Å². The Morgan fingerprint density at radius 1 is 1.31 bits per heavy atom. The van der Waals surface area contributed by atoms with Gasteiger partial charge in [-0.05, 0) is 24.6 Å². The van der Waals surface area contributed by atoms with Crippen LogP contribution in [-0.4, -0.2) is 55.3 Å². The van der Waals surface area contributed by atoms with Crippen LogP contribution in [0.1, 0.15) is 24.8 Å². The molecule has 138 valence electrons. The number of rotatable bonds is 6. The highest BCUT2D eigenvalue weighted by Crippen LogP contribution is 2.30. The predicted molar refractivity (Wildman–Crippen MR) is 92.6 cm³/mol. The highest BCUT2D eigenvalue weighted by Gasteiger charge is 2.44. The van der Waals surface area contributed by atoms with Crippen LogP contribution < -0.4 is 4.74 Å². The molecule has 1 aliphatic heterocycles. The summed E-state index contributed by atoms with van der Waals surface area (Å²) in [5, 5.41) is 13.7. The van der Waals surface area contributed by atoms with Crippen LogP contribution in [0.4, 0.5) is 0 Å². The highest BCUT2D eigenvalue weighted by atomic mass is 16.5. The fraction of sp³-hybridized carbons (Fsp3) is 0.444. The summed E-state index contributed by atoms with van der Waals surface area (Å²) in [4.78, 5) is 29.8. The van der Waals surface area contributed by atoms with Crippen LogP contribution in [0, 0.1) is 6.92 Å². The van der Waals surface area contributed by atoms with E-state index in [9.17, 15) is 14.7 Å². The van der Waals surface area contributed by atoms with E-state index in [-0.39, 0.29) is 18.7 Å². The lowest BCUT2D eigenvalue weighted by atomic mass is 9.90. The van der Waals surface area contributed by atoms with Crippen LogP contribution in [0.15, 0.2) is 36.9 Å². The number of carbonyl (C=O) groups is 2. The molecule has 3 rings (SSSR count). The van der Waals surface area contributed by atoms with E-state index in [4.69, 9.17) is 4.74 Å². The molecule has 0 bridgehead atoms. The average Bonchev–Trinajstić information content (AvgIpc) is 3.14. The molecule has 1 aromatic carbocycles. The Morgan fingerprint density at radius 3 is 2.69 bits per heavy atom. The van der Waals surface area contributed by atoms with E-state index in [1.165, 1.54) is 6.33 Å². The summed E-state index contributed by atoms with van der Waals surface area (Å²) in [6, 6.07) is 7.34. The molecule has 1 aliphatic rings. The third-order valence-electron chi connectivity index (χ3n) is 4.64. The Morgan fingerprint density at radius 2 is 2.08 bits per heavy atom. The highest BCUT2D eigenvalue weighted by molar-refractivity contribution is 5.80. The van der Waals surface area contributed by atoms with Gasteiger partial charge in [-0.15, -0.1) is 0 Å². The molecular formula is C18H22N4O4. The van der Waals surface area contributed by atoms with Crippen LogP contribution >= 0.6 is 0 Å². The standard InChI is InChI=1S/C18H22N4O4/c1-14-3-2-4-15(11-14)26-18(17(24)25)6-9-21(10-7-18)16(23)5-8-22-13-19-12-20-22/h2-4,11-13H,5-10H2,1H3,(H,24,25). The van der Waals surface area contributed by atoms with E-state index >= 15 is 0 Å². The van der Waals surface area contributed by atoms with Gasteiger partial charge in [-0.1, -0.05) is 12.1 Å². The summed E-state index contributed by atoms with van der Waals surface area (Å²) >= 11 is 0. The third kappa shape index (κ3) is 4.01. The molecule has 0 spiro atoms. The monoisotopic (exact) mass is 358 g/mol. The first-order valence-electron chi connectivity index (χ1n) is 8.58. The first kappa shape index (κ1) is 17.9. The zero-order chi connectivity index (χ0) is 18.6. The number of amides is 1. The molecule has 8 heteroatoms. The summed E-state index contributed by atoms with van der Waals surface area (Å²) in [5.41, 5.74) is -0.292. The van der Waals surface area contributed by atoms with E-state index in [0.29, 0.717) is 31.8 Å². The molecule has 2 aromatic rings. The molecule has 0 aliphatic carbocycles. The summed E-state index contributed by atoms with van der Waals surface area (Å²) in [5.74, 6) is -0.470. The lowest BCUT2D eigenvalue weighted by molar-refractivity contribution is -0.161. The lowest BCUT2D eigenvalue weighted by Gasteiger charge is -2.39. The summed E-state index contributed by atoms with van der Waals surface area (Å²) in [7, 11) is 0. The maximum atomic E-state index is 12.4. The zero-order valence-corrected chi connectivity index (χ0v) is 14.7. The Hall–Kier alpha value is -2.90. The second-order valence-corrected chi connectivity index (χ2v) is 6.51. The number of hydrogen-bond donors (Lipinski definition) is 1. The topological polar surface area (TPSA) is 97.6 Å². The van der Waals surface area contributed by atoms with E-state index in [2.05, 4.69) is 10.1 Å². The van der Waals surface area contributed by atoms with Crippen molar-refractivity contribution in [2.75, 3.05) is 13.1 Å². The number of carbonyl (C=O) groups excluding carboxylic acids is 1. The Labute approximate surface area is 151 Å². The van der Waals surface area contributed by atoms with Crippen LogP contribution in [0.2, 0.25) is 0 Å². The minimum absolute atomic E-state index is 0.0185. The van der Waals surface area contributed by atoms with Gasteiger partial charge in [-0.25, -0.2) is 9.78 Å². The van der Waals surface area contributed by atoms with Gasteiger partial charge in [-0.2, -0.15) is 5.10 Å². The first-order chi connectivity index (χ1) is 12.5. The van der Waals surface area contributed by atoms with Crippen molar-refractivity contribution >= 4 is 11.9 Å². The van der Waals surface area contributed by atoms with E-state index in [0.717, 1.165) is 5.56 Å². The minimum atomic E-state index is -1.30. The number of carboxylic acids is 1. The number of aryl methyl sites for hydroxylation is 2. The van der Waals surface area contributed by atoms with Crippen LogP contribution in [0.5, 0.6) is 5.75 Å². The molecule has 1 amide bonds. The van der Waals surface area contributed by atoms with Crippen molar-refractivity contribution in [2.45, 2.75) is 38.3 Å². The van der Waals surface area contributed by atoms with Crippen molar-refractivity contribution < 1.29 is 19.4 Å². The van der Waals surface area contributed by atoms with E-state index in [1.807, 2.05) is 25.1 Å². The number of hydrogen-bond acceptors (Lipinski definition) is 5. The molecule has 26 heavy (non-hydrogen) atoms. The molecule has 0 unspecified atom stereocenters. The van der Waals surface area contributed by atoms with Crippen molar-refractivity contribution in [1.82, 2.24) is 19.7 Å². The van der Waals surface area contributed by atoms with Crippen molar-refractivity contribution in [2.24, 2.45) is 0 Å². The number of benzene rings is 1. The van der Waals surface area contributed by atoms with Crippen LogP contribution in [-0.2, 0) is 16.1 Å². The average molecular weight is 358 g/mol. The second-order valence-electron chi connectivity index (χ2n) is 6.51. The zero-order valence-electron chi connectivity index (χ0n) is 14.7. The Bertz CT molecular complexity index is 767. The van der Waals surface area contributed by atoms with Gasteiger partial charge >= 0.3 is 5.97 Å². The maximum Gasteiger partial charge on any atom is 0.348 e. The van der Waals surface area contributed by atoms with Gasteiger partial charge in [0.05, 0.1) is 6.54 Å². The molecule has 2 heterocycles. The first-order valence-corrected chi connectivity index (χ1v) is 8.58. The van der Waals surface area contributed by atoms with Gasteiger partial charge < -0.3 is 14.7 Å².